The van der Waals surface area contributed by atoms with Crippen molar-refractivity contribution in [2.24, 2.45) is 0 Å². The van der Waals surface area contributed by atoms with Crippen molar-refractivity contribution in [3.05, 3.63) is 64.7 Å². The van der Waals surface area contributed by atoms with Crippen molar-refractivity contribution in [3.63, 3.8) is 0 Å². The van der Waals surface area contributed by atoms with Gasteiger partial charge in [-0.05, 0) is 37.3 Å². The van der Waals surface area contributed by atoms with Gasteiger partial charge in [0.15, 0.2) is 5.78 Å². The average Bonchev–Trinajstić information content (AvgIpc) is 3.09. The van der Waals surface area contributed by atoms with E-state index in [1.807, 2.05) is 18.2 Å². The van der Waals surface area contributed by atoms with Gasteiger partial charge in [-0.1, -0.05) is 36.4 Å². The number of hydrogen-bond donors (Lipinski definition) is 0. The van der Waals surface area contributed by atoms with E-state index in [1.165, 1.54) is 4.90 Å². The summed E-state index contributed by atoms with van der Waals surface area (Å²) in [5.41, 5.74) is 4.53. The van der Waals surface area contributed by atoms with Gasteiger partial charge in [-0.2, -0.15) is 0 Å². The van der Waals surface area contributed by atoms with Crippen LogP contribution in [0.1, 0.15) is 41.6 Å². The third kappa shape index (κ3) is 1.79. The van der Waals surface area contributed by atoms with E-state index < -0.39 is 0 Å². The molecular formula is C21H15NO3. The smallest absolute Gasteiger partial charge is 0.261 e. The maximum Gasteiger partial charge on any atom is 0.261 e. The molecule has 122 valence electrons. The van der Waals surface area contributed by atoms with Crippen molar-refractivity contribution in [2.75, 3.05) is 4.90 Å². The number of benzene rings is 2. The summed E-state index contributed by atoms with van der Waals surface area (Å²) < 4.78 is 0. The lowest BCUT2D eigenvalue weighted by Gasteiger charge is -2.19. The van der Waals surface area contributed by atoms with Crippen LogP contribution in [0.15, 0.2) is 53.6 Å². The Balaban J connectivity index is 1.71. The van der Waals surface area contributed by atoms with Gasteiger partial charge in [0.1, 0.15) is 0 Å². The topological polar surface area (TPSA) is 54.5 Å². The zero-order chi connectivity index (χ0) is 17.1. The molecule has 4 heteroatoms. The second-order valence-corrected chi connectivity index (χ2v) is 6.68. The highest BCUT2D eigenvalue weighted by Crippen LogP contribution is 2.45. The van der Waals surface area contributed by atoms with Crippen molar-refractivity contribution in [3.8, 4) is 11.1 Å². The number of carbonyl (C=O) groups excluding carboxylic acids is 3. The van der Waals surface area contributed by atoms with E-state index in [0.717, 1.165) is 18.4 Å². The fraction of sp³-hybridized carbons (Fsp3) is 0.190. The van der Waals surface area contributed by atoms with Crippen molar-refractivity contribution < 1.29 is 14.4 Å². The number of hydrogen-bond acceptors (Lipinski definition) is 3. The number of amides is 2. The van der Waals surface area contributed by atoms with Gasteiger partial charge in [0.2, 0.25) is 0 Å². The van der Waals surface area contributed by atoms with Gasteiger partial charge >= 0.3 is 0 Å². The first-order valence-corrected chi connectivity index (χ1v) is 8.56. The Bertz CT molecular complexity index is 988. The van der Waals surface area contributed by atoms with E-state index >= 15 is 0 Å². The SMILES string of the molecule is O=C1c2ccccc2-c2c1cccc2N1C(=O)C2=C(CCCC2)C1=O. The number of imide groups is 1. The summed E-state index contributed by atoms with van der Waals surface area (Å²) in [6.07, 6.45) is 3.22. The Morgan fingerprint density at radius 3 is 1.96 bits per heavy atom. The second kappa shape index (κ2) is 4.99. The fourth-order valence-electron chi connectivity index (χ4n) is 4.20. The van der Waals surface area contributed by atoms with Crippen LogP contribution >= 0.6 is 0 Å². The third-order valence-electron chi connectivity index (χ3n) is 5.36. The molecule has 1 aliphatic heterocycles. The third-order valence-corrected chi connectivity index (χ3v) is 5.36. The summed E-state index contributed by atoms with van der Waals surface area (Å²) in [5.74, 6) is -0.487. The van der Waals surface area contributed by atoms with Crippen LogP contribution in [0.2, 0.25) is 0 Å². The molecule has 0 bridgehead atoms. The maximum absolute atomic E-state index is 12.9. The van der Waals surface area contributed by atoms with Gasteiger partial charge in [-0.3, -0.25) is 14.4 Å². The Hall–Kier alpha value is -3.01. The van der Waals surface area contributed by atoms with Gasteiger partial charge in [-0.15, -0.1) is 0 Å². The van der Waals surface area contributed by atoms with Crippen LogP contribution in [0, 0.1) is 0 Å². The monoisotopic (exact) mass is 329 g/mol. The molecule has 0 N–H and O–H groups in total. The summed E-state index contributed by atoms with van der Waals surface area (Å²) >= 11 is 0. The molecule has 2 amide bonds. The quantitative estimate of drug-likeness (QED) is 0.641. The van der Waals surface area contributed by atoms with Crippen LogP contribution in [-0.4, -0.2) is 17.6 Å². The first-order valence-electron chi connectivity index (χ1n) is 8.56. The van der Waals surface area contributed by atoms with E-state index in [9.17, 15) is 14.4 Å². The zero-order valence-electron chi connectivity index (χ0n) is 13.5. The van der Waals surface area contributed by atoms with E-state index in [0.29, 0.717) is 46.4 Å². The van der Waals surface area contributed by atoms with Crippen molar-refractivity contribution >= 4 is 23.3 Å². The molecule has 4 nitrogen and oxygen atoms in total. The predicted octanol–water partition coefficient (Wildman–Crippen LogP) is 3.64. The first kappa shape index (κ1) is 14.3. The zero-order valence-corrected chi connectivity index (χ0v) is 13.5. The molecule has 2 aromatic carbocycles. The Labute approximate surface area is 144 Å². The van der Waals surface area contributed by atoms with Gasteiger partial charge in [-0.25, -0.2) is 4.90 Å². The van der Waals surface area contributed by atoms with Crippen LogP contribution in [0.5, 0.6) is 0 Å². The molecule has 25 heavy (non-hydrogen) atoms. The highest BCUT2D eigenvalue weighted by molar-refractivity contribution is 6.35. The molecular weight excluding hydrogens is 314 g/mol. The number of carbonyl (C=O) groups is 3. The maximum atomic E-state index is 12.9. The van der Waals surface area contributed by atoms with Crippen LogP contribution in [0.25, 0.3) is 11.1 Å². The minimum absolute atomic E-state index is 0.0516. The number of fused-ring (bicyclic) bond motifs is 3. The van der Waals surface area contributed by atoms with Crippen molar-refractivity contribution in [1.82, 2.24) is 0 Å². The molecule has 3 aliphatic rings. The van der Waals surface area contributed by atoms with E-state index in [-0.39, 0.29) is 17.6 Å². The molecule has 0 unspecified atom stereocenters. The van der Waals surface area contributed by atoms with E-state index in [2.05, 4.69) is 0 Å². The summed E-state index contributed by atoms with van der Waals surface area (Å²) in [6, 6.07) is 12.6. The molecule has 1 heterocycles. The second-order valence-electron chi connectivity index (χ2n) is 6.68. The molecule has 5 rings (SSSR count). The Kier molecular flexibility index (Phi) is 2.86. The lowest BCUT2D eigenvalue weighted by Crippen LogP contribution is -2.32. The van der Waals surface area contributed by atoms with Gasteiger partial charge in [0, 0.05) is 27.8 Å². The standard InChI is InChI=1S/C21H15NO3/c23-19-13-7-2-1-6-12(13)18-16(19)10-5-11-17(18)22-20(24)14-8-3-4-9-15(14)21(22)25/h1-2,5-7,10-11H,3-4,8-9H2. The predicted molar refractivity (Wildman–Crippen MR) is 93.3 cm³/mol. The molecule has 0 atom stereocenters. The van der Waals surface area contributed by atoms with E-state index in [4.69, 9.17) is 0 Å². The molecule has 0 saturated heterocycles. The minimum Gasteiger partial charge on any atom is -0.289 e. The van der Waals surface area contributed by atoms with Crippen LogP contribution in [0.4, 0.5) is 5.69 Å². The molecule has 2 aromatic rings. The number of rotatable bonds is 1. The first-order chi connectivity index (χ1) is 12.2. The fourth-order valence-corrected chi connectivity index (χ4v) is 4.20. The Morgan fingerprint density at radius 1 is 0.680 bits per heavy atom. The van der Waals surface area contributed by atoms with Gasteiger partial charge < -0.3 is 0 Å². The van der Waals surface area contributed by atoms with E-state index in [1.54, 1.807) is 24.3 Å². The minimum atomic E-state index is -0.218. The summed E-state index contributed by atoms with van der Waals surface area (Å²) in [7, 11) is 0. The van der Waals surface area contributed by atoms with Crippen LogP contribution in [-0.2, 0) is 9.59 Å². The molecule has 2 aliphatic carbocycles. The highest BCUT2D eigenvalue weighted by atomic mass is 16.2. The summed E-state index contributed by atoms with van der Waals surface area (Å²) in [6.45, 7) is 0. The molecule has 0 fully saturated rings. The molecule has 0 spiro atoms. The average molecular weight is 329 g/mol. The van der Waals surface area contributed by atoms with Gasteiger partial charge in [0.25, 0.3) is 11.8 Å². The summed E-state index contributed by atoms with van der Waals surface area (Å²) in [5, 5.41) is 0. The molecule has 0 radical (unpaired) electrons. The summed E-state index contributed by atoms with van der Waals surface area (Å²) in [4.78, 5) is 39.8. The van der Waals surface area contributed by atoms with Crippen molar-refractivity contribution in [1.29, 1.82) is 0 Å². The molecule has 0 aromatic heterocycles. The lowest BCUT2D eigenvalue weighted by molar-refractivity contribution is -0.120. The number of anilines is 1. The lowest BCUT2D eigenvalue weighted by atomic mass is 9.93. The number of nitrogens with zero attached hydrogens (tertiary/aromatic N) is 1. The Morgan fingerprint density at radius 2 is 1.28 bits per heavy atom. The normalized spacial score (nSPS) is 18.6. The largest absolute Gasteiger partial charge is 0.289 e. The van der Waals surface area contributed by atoms with Crippen LogP contribution in [0.3, 0.4) is 0 Å². The van der Waals surface area contributed by atoms with Crippen LogP contribution < -0.4 is 4.90 Å². The molecule has 0 saturated carbocycles. The van der Waals surface area contributed by atoms with Crippen molar-refractivity contribution in [2.45, 2.75) is 25.7 Å². The highest BCUT2D eigenvalue weighted by Gasteiger charge is 2.42. The van der Waals surface area contributed by atoms with Gasteiger partial charge in [0.05, 0.1) is 5.69 Å². The number of ketones is 1.